The van der Waals surface area contributed by atoms with Crippen molar-refractivity contribution in [3.63, 3.8) is 0 Å². The summed E-state index contributed by atoms with van der Waals surface area (Å²) in [7, 11) is 0. The van der Waals surface area contributed by atoms with Gasteiger partial charge in [-0.15, -0.1) is 0 Å². The van der Waals surface area contributed by atoms with Gasteiger partial charge in [0.15, 0.2) is 5.78 Å². The molecule has 2 aliphatic rings. The molecular weight excluding hydrogens is 364 g/mol. The number of anilines is 1. The zero-order chi connectivity index (χ0) is 20.4. The minimum Gasteiger partial charge on any atom is -0.329 e. The SMILES string of the molecule is CCc1ccc(NC(=O)[C@H]2CC(=O)NC3=C2C(=O)C[C@@H](c2ccccc2)C3)cc1. The Balaban J connectivity index is 1.58. The van der Waals surface area contributed by atoms with E-state index in [1.165, 1.54) is 5.56 Å². The summed E-state index contributed by atoms with van der Waals surface area (Å²) in [6, 6.07) is 17.5. The molecule has 29 heavy (non-hydrogen) atoms. The van der Waals surface area contributed by atoms with E-state index in [0.29, 0.717) is 29.8 Å². The summed E-state index contributed by atoms with van der Waals surface area (Å²) in [5.74, 6) is -1.29. The largest absolute Gasteiger partial charge is 0.329 e. The zero-order valence-corrected chi connectivity index (χ0v) is 16.4. The van der Waals surface area contributed by atoms with Crippen LogP contribution < -0.4 is 10.6 Å². The van der Waals surface area contributed by atoms with Crippen LogP contribution >= 0.6 is 0 Å². The number of amides is 2. The summed E-state index contributed by atoms with van der Waals surface area (Å²) in [6.07, 6.45) is 1.84. The van der Waals surface area contributed by atoms with Gasteiger partial charge in [0.2, 0.25) is 11.8 Å². The number of benzene rings is 2. The average molecular weight is 388 g/mol. The second-order valence-electron chi connectivity index (χ2n) is 7.68. The van der Waals surface area contributed by atoms with Crippen molar-refractivity contribution >= 4 is 23.3 Å². The van der Waals surface area contributed by atoms with Crippen LogP contribution in [-0.2, 0) is 20.8 Å². The van der Waals surface area contributed by atoms with Gasteiger partial charge >= 0.3 is 0 Å². The zero-order valence-electron chi connectivity index (χ0n) is 16.4. The van der Waals surface area contributed by atoms with Gasteiger partial charge in [-0.2, -0.15) is 0 Å². The van der Waals surface area contributed by atoms with Gasteiger partial charge in [-0.1, -0.05) is 49.4 Å². The average Bonchev–Trinajstić information content (AvgIpc) is 2.74. The Hall–Kier alpha value is -3.21. The Bertz CT molecular complexity index is 977. The third kappa shape index (κ3) is 3.99. The van der Waals surface area contributed by atoms with E-state index in [-0.39, 0.29) is 29.9 Å². The molecule has 1 aliphatic heterocycles. The van der Waals surface area contributed by atoms with Crippen molar-refractivity contribution < 1.29 is 14.4 Å². The fourth-order valence-corrected chi connectivity index (χ4v) is 4.20. The highest BCUT2D eigenvalue weighted by molar-refractivity contribution is 6.09. The maximum atomic E-state index is 13.0. The molecule has 2 aromatic carbocycles. The monoisotopic (exact) mass is 388 g/mol. The highest BCUT2D eigenvalue weighted by Crippen LogP contribution is 2.39. The fraction of sp³-hybridized carbons (Fsp3) is 0.292. The molecule has 148 valence electrons. The standard InChI is InChI=1S/C24H24N2O3/c1-2-15-8-10-18(11-9-15)25-24(29)19-14-22(28)26-20-12-17(13-21(27)23(19)20)16-6-4-3-5-7-16/h3-11,17,19H,2,12-14H2,1H3,(H,25,29)(H,26,28)/t17-,19-/m0/s1. The first-order chi connectivity index (χ1) is 14.0. The highest BCUT2D eigenvalue weighted by Gasteiger charge is 2.40. The molecule has 2 amide bonds. The number of carbonyl (C=O) groups is 3. The van der Waals surface area contributed by atoms with Crippen molar-refractivity contribution in [1.29, 1.82) is 0 Å². The van der Waals surface area contributed by atoms with Crippen molar-refractivity contribution in [2.75, 3.05) is 5.32 Å². The highest BCUT2D eigenvalue weighted by atomic mass is 16.2. The number of aryl methyl sites for hydroxylation is 1. The van der Waals surface area contributed by atoms with Gasteiger partial charge in [-0.3, -0.25) is 14.4 Å². The molecule has 0 bridgehead atoms. The van der Waals surface area contributed by atoms with Gasteiger partial charge in [0, 0.05) is 29.8 Å². The summed E-state index contributed by atoms with van der Waals surface area (Å²) in [5.41, 5.74) is 4.00. The summed E-state index contributed by atoms with van der Waals surface area (Å²) < 4.78 is 0. The molecule has 5 nitrogen and oxygen atoms in total. The molecule has 0 saturated heterocycles. The molecule has 1 heterocycles. The van der Waals surface area contributed by atoms with Crippen molar-refractivity contribution in [2.24, 2.45) is 5.92 Å². The van der Waals surface area contributed by atoms with Gasteiger partial charge in [0.25, 0.3) is 0 Å². The van der Waals surface area contributed by atoms with Crippen LogP contribution in [-0.4, -0.2) is 17.6 Å². The quantitative estimate of drug-likeness (QED) is 0.838. The van der Waals surface area contributed by atoms with E-state index in [4.69, 9.17) is 0 Å². The topological polar surface area (TPSA) is 75.3 Å². The Morgan fingerprint density at radius 2 is 1.72 bits per heavy atom. The molecule has 0 radical (unpaired) electrons. The first-order valence-electron chi connectivity index (χ1n) is 10.1. The molecule has 2 aromatic rings. The number of nitrogens with one attached hydrogen (secondary N) is 2. The molecule has 4 rings (SSSR count). The second kappa shape index (κ2) is 8.03. The molecule has 2 atom stereocenters. The van der Waals surface area contributed by atoms with Crippen LogP contribution in [0.15, 0.2) is 65.9 Å². The number of allylic oxidation sites excluding steroid dienone is 1. The van der Waals surface area contributed by atoms with Crippen molar-refractivity contribution in [2.45, 2.75) is 38.5 Å². The van der Waals surface area contributed by atoms with Crippen LogP contribution in [0.5, 0.6) is 0 Å². The van der Waals surface area contributed by atoms with Crippen LogP contribution in [0.3, 0.4) is 0 Å². The normalized spacial score (nSPS) is 21.4. The van der Waals surface area contributed by atoms with Crippen molar-refractivity contribution in [1.82, 2.24) is 5.32 Å². The van der Waals surface area contributed by atoms with Crippen LogP contribution in [0.4, 0.5) is 5.69 Å². The van der Waals surface area contributed by atoms with Crippen LogP contribution in [0, 0.1) is 5.92 Å². The van der Waals surface area contributed by atoms with Gasteiger partial charge < -0.3 is 10.6 Å². The molecule has 0 fully saturated rings. The van der Waals surface area contributed by atoms with E-state index in [9.17, 15) is 14.4 Å². The number of ketones is 1. The molecular formula is C24H24N2O3. The minimum absolute atomic E-state index is 0.000542. The first-order valence-corrected chi connectivity index (χ1v) is 10.1. The molecule has 0 unspecified atom stereocenters. The van der Waals surface area contributed by atoms with Crippen LogP contribution in [0.1, 0.15) is 43.2 Å². The summed E-state index contributed by atoms with van der Waals surface area (Å²) in [5, 5.41) is 5.73. The molecule has 0 spiro atoms. The van der Waals surface area contributed by atoms with E-state index in [2.05, 4.69) is 17.6 Å². The summed E-state index contributed by atoms with van der Waals surface area (Å²) in [6.45, 7) is 2.07. The van der Waals surface area contributed by atoms with Crippen molar-refractivity contribution in [3.05, 3.63) is 77.0 Å². The van der Waals surface area contributed by atoms with E-state index in [1.54, 1.807) is 0 Å². The third-order valence-corrected chi connectivity index (χ3v) is 5.75. The number of hydrogen-bond donors (Lipinski definition) is 2. The predicted molar refractivity (Wildman–Crippen MR) is 111 cm³/mol. The smallest absolute Gasteiger partial charge is 0.232 e. The molecule has 5 heteroatoms. The van der Waals surface area contributed by atoms with Gasteiger partial charge in [0.05, 0.1) is 5.92 Å². The molecule has 2 N–H and O–H groups in total. The molecule has 1 aliphatic carbocycles. The third-order valence-electron chi connectivity index (χ3n) is 5.75. The van der Waals surface area contributed by atoms with Gasteiger partial charge in [-0.25, -0.2) is 0 Å². The summed E-state index contributed by atoms with van der Waals surface area (Å²) >= 11 is 0. The van der Waals surface area contributed by atoms with Crippen LogP contribution in [0.2, 0.25) is 0 Å². The minimum atomic E-state index is -0.742. The number of hydrogen-bond acceptors (Lipinski definition) is 3. The maximum Gasteiger partial charge on any atom is 0.232 e. The lowest BCUT2D eigenvalue weighted by Gasteiger charge is -2.33. The van der Waals surface area contributed by atoms with Gasteiger partial charge in [-0.05, 0) is 42.0 Å². The van der Waals surface area contributed by atoms with E-state index in [1.807, 2.05) is 54.6 Å². The van der Waals surface area contributed by atoms with E-state index < -0.39 is 5.92 Å². The Morgan fingerprint density at radius 1 is 1.00 bits per heavy atom. The predicted octanol–water partition coefficient (Wildman–Crippen LogP) is 3.72. The molecule has 0 saturated carbocycles. The number of carbonyl (C=O) groups excluding carboxylic acids is 3. The molecule has 0 aromatic heterocycles. The number of rotatable bonds is 4. The Kier molecular flexibility index (Phi) is 5.30. The lowest BCUT2D eigenvalue weighted by molar-refractivity contribution is -0.129. The Morgan fingerprint density at radius 3 is 2.41 bits per heavy atom. The first kappa shape index (κ1) is 19.1. The van der Waals surface area contributed by atoms with E-state index in [0.717, 1.165) is 12.0 Å². The second-order valence-corrected chi connectivity index (χ2v) is 7.68. The lowest BCUT2D eigenvalue weighted by atomic mass is 9.75. The van der Waals surface area contributed by atoms with Crippen LogP contribution in [0.25, 0.3) is 0 Å². The van der Waals surface area contributed by atoms with Crippen molar-refractivity contribution in [3.8, 4) is 0 Å². The lowest BCUT2D eigenvalue weighted by Crippen LogP contribution is -2.43. The Labute approximate surface area is 170 Å². The number of Topliss-reactive ketones (excluding diaryl/α,β-unsaturated/α-hetero) is 1. The fourth-order valence-electron chi connectivity index (χ4n) is 4.20. The maximum absolute atomic E-state index is 13.0. The van der Waals surface area contributed by atoms with Gasteiger partial charge in [0.1, 0.15) is 0 Å². The summed E-state index contributed by atoms with van der Waals surface area (Å²) in [4.78, 5) is 38.2. The van der Waals surface area contributed by atoms with E-state index >= 15 is 0 Å².